The van der Waals surface area contributed by atoms with Crippen molar-refractivity contribution in [1.29, 1.82) is 0 Å². The minimum Gasteiger partial charge on any atom is -0.494 e. The van der Waals surface area contributed by atoms with E-state index in [-0.39, 0.29) is 5.82 Å². The van der Waals surface area contributed by atoms with Crippen LogP contribution in [-0.4, -0.2) is 48.2 Å². The van der Waals surface area contributed by atoms with E-state index >= 15 is 0 Å². The fraction of sp³-hybridized carbons (Fsp3) is 0.444. The molecule has 0 saturated carbocycles. The quantitative estimate of drug-likeness (QED) is 0.757. The Morgan fingerprint density at radius 1 is 1.28 bits per heavy atom. The number of aromatic nitrogens is 2. The molecule has 1 aliphatic heterocycles. The van der Waals surface area contributed by atoms with E-state index in [1.54, 1.807) is 24.5 Å². The summed E-state index contributed by atoms with van der Waals surface area (Å²) in [5.41, 5.74) is 0.973. The maximum absolute atomic E-state index is 13.8. The molecule has 0 aliphatic carbocycles. The molecule has 25 heavy (non-hydrogen) atoms. The standard InChI is InChI=1S/C18H22BrFN4O/c1-23(18-21-10-14(19)11-22-18)15-5-7-24(8-6-15)12-13-3-4-17(25-2)16(20)9-13/h3-4,9-11,15H,5-8,12H2,1-2H3. The van der Waals surface area contributed by atoms with Crippen molar-refractivity contribution in [2.75, 3.05) is 32.1 Å². The van der Waals surface area contributed by atoms with Crippen LogP contribution in [0.3, 0.4) is 0 Å². The third-order valence-corrected chi connectivity index (χ3v) is 5.06. The van der Waals surface area contributed by atoms with Crippen molar-refractivity contribution in [3.8, 4) is 5.75 Å². The van der Waals surface area contributed by atoms with E-state index in [1.807, 2.05) is 13.1 Å². The Morgan fingerprint density at radius 3 is 2.56 bits per heavy atom. The molecule has 0 radical (unpaired) electrons. The highest BCUT2D eigenvalue weighted by atomic mass is 79.9. The number of rotatable bonds is 5. The van der Waals surface area contributed by atoms with Gasteiger partial charge in [-0.1, -0.05) is 6.07 Å². The Bertz CT molecular complexity index is 705. The lowest BCUT2D eigenvalue weighted by Crippen LogP contribution is -2.43. The third kappa shape index (κ3) is 4.46. The van der Waals surface area contributed by atoms with Crippen LogP contribution in [0, 0.1) is 5.82 Å². The summed E-state index contributed by atoms with van der Waals surface area (Å²) in [5.74, 6) is 0.736. The molecule has 3 rings (SSSR count). The second kappa shape index (κ2) is 8.10. The van der Waals surface area contributed by atoms with E-state index in [1.165, 1.54) is 7.11 Å². The molecule has 0 unspecified atom stereocenters. The van der Waals surface area contributed by atoms with Gasteiger partial charge in [0.2, 0.25) is 5.95 Å². The first-order valence-corrected chi connectivity index (χ1v) is 9.11. The minimum atomic E-state index is -0.304. The van der Waals surface area contributed by atoms with Gasteiger partial charge in [-0.2, -0.15) is 0 Å². The number of piperidine rings is 1. The normalized spacial score (nSPS) is 16.0. The molecule has 1 saturated heterocycles. The Labute approximate surface area is 156 Å². The van der Waals surface area contributed by atoms with Gasteiger partial charge in [0, 0.05) is 45.1 Å². The molecule has 7 heteroatoms. The van der Waals surface area contributed by atoms with Crippen LogP contribution in [0.25, 0.3) is 0 Å². The first-order valence-electron chi connectivity index (χ1n) is 8.32. The average molecular weight is 409 g/mol. The van der Waals surface area contributed by atoms with Crippen molar-refractivity contribution < 1.29 is 9.13 Å². The highest BCUT2D eigenvalue weighted by Crippen LogP contribution is 2.23. The molecule has 1 aliphatic rings. The van der Waals surface area contributed by atoms with Gasteiger partial charge in [0.15, 0.2) is 11.6 Å². The summed E-state index contributed by atoms with van der Waals surface area (Å²) >= 11 is 3.36. The Balaban J connectivity index is 1.54. The van der Waals surface area contributed by atoms with Crippen molar-refractivity contribution in [1.82, 2.24) is 14.9 Å². The molecule has 0 amide bonds. The average Bonchev–Trinajstić information content (AvgIpc) is 2.63. The topological polar surface area (TPSA) is 41.5 Å². The van der Waals surface area contributed by atoms with Crippen molar-refractivity contribution in [2.45, 2.75) is 25.4 Å². The number of nitrogens with zero attached hydrogens (tertiary/aromatic N) is 4. The van der Waals surface area contributed by atoms with Gasteiger partial charge < -0.3 is 9.64 Å². The van der Waals surface area contributed by atoms with Gasteiger partial charge in [-0.3, -0.25) is 4.90 Å². The van der Waals surface area contributed by atoms with Crippen LogP contribution < -0.4 is 9.64 Å². The van der Waals surface area contributed by atoms with Crippen molar-refractivity contribution in [3.63, 3.8) is 0 Å². The fourth-order valence-corrected chi connectivity index (χ4v) is 3.39. The van der Waals surface area contributed by atoms with E-state index in [0.717, 1.165) is 48.5 Å². The fourth-order valence-electron chi connectivity index (χ4n) is 3.18. The van der Waals surface area contributed by atoms with E-state index < -0.39 is 0 Å². The molecule has 5 nitrogen and oxygen atoms in total. The molecule has 134 valence electrons. The maximum Gasteiger partial charge on any atom is 0.225 e. The molecule has 0 N–H and O–H groups in total. The molecule has 0 atom stereocenters. The molecular weight excluding hydrogens is 387 g/mol. The summed E-state index contributed by atoms with van der Waals surface area (Å²) in [6.07, 6.45) is 5.61. The van der Waals surface area contributed by atoms with Crippen LogP contribution in [0.4, 0.5) is 10.3 Å². The Morgan fingerprint density at radius 2 is 1.96 bits per heavy atom. The number of ether oxygens (including phenoxy) is 1. The molecule has 1 aromatic carbocycles. The zero-order valence-corrected chi connectivity index (χ0v) is 16.0. The van der Waals surface area contributed by atoms with Gasteiger partial charge in [0.1, 0.15) is 0 Å². The molecule has 0 bridgehead atoms. The summed E-state index contributed by atoms with van der Waals surface area (Å²) in [7, 11) is 3.52. The van der Waals surface area contributed by atoms with Gasteiger partial charge in [-0.25, -0.2) is 14.4 Å². The number of hydrogen-bond acceptors (Lipinski definition) is 5. The first kappa shape index (κ1) is 18.1. The lowest BCUT2D eigenvalue weighted by atomic mass is 10.0. The van der Waals surface area contributed by atoms with Crippen LogP contribution in [0.15, 0.2) is 35.1 Å². The number of methoxy groups -OCH3 is 1. The zero-order valence-electron chi connectivity index (χ0n) is 14.5. The predicted octanol–water partition coefficient (Wildman–Crippen LogP) is 3.49. The van der Waals surface area contributed by atoms with E-state index in [2.05, 4.69) is 35.7 Å². The maximum atomic E-state index is 13.8. The zero-order chi connectivity index (χ0) is 17.8. The Hall–Kier alpha value is -1.73. The van der Waals surface area contributed by atoms with Crippen LogP contribution in [0.5, 0.6) is 5.75 Å². The lowest BCUT2D eigenvalue weighted by Gasteiger charge is -2.36. The highest BCUT2D eigenvalue weighted by molar-refractivity contribution is 9.10. The van der Waals surface area contributed by atoms with E-state index in [4.69, 9.17) is 4.74 Å². The summed E-state index contributed by atoms with van der Waals surface area (Å²) in [6.45, 7) is 2.70. The monoisotopic (exact) mass is 408 g/mol. The SMILES string of the molecule is COc1ccc(CN2CCC(N(C)c3ncc(Br)cn3)CC2)cc1F. The molecule has 1 fully saturated rings. The second-order valence-electron chi connectivity index (χ2n) is 6.29. The largest absolute Gasteiger partial charge is 0.494 e. The van der Waals surface area contributed by atoms with Crippen LogP contribution in [0.2, 0.25) is 0 Å². The third-order valence-electron chi connectivity index (χ3n) is 4.65. The summed E-state index contributed by atoms with van der Waals surface area (Å²) in [5, 5.41) is 0. The van der Waals surface area contributed by atoms with Crippen LogP contribution in [-0.2, 0) is 6.54 Å². The van der Waals surface area contributed by atoms with Crippen molar-refractivity contribution in [2.24, 2.45) is 0 Å². The highest BCUT2D eigenvalue weighted by Gasteiger charge is 2.24. The molecule has 2 aromatic rings. The second-order valence-corrected chi connectivity index (χ2v) is 7.20. The van der Waals surface area contributed by atoms with Gasteiger partial charge in [0.05, 0.1) is 11.6 Å². The van der Waals surface area contributed by atoms with Gasteiger partial charge in [0.25, 0.3) is 0 Å². The molecule has 1 aromatic heterocycles. The Kier molecular flexibility index (Phi) is 5.86. The van der Waals surface area contributed by atoms with Crippen LogP contribution in [0.1, 0.15) is 18.4 Å². The number of anilines is 1. The smallest absolute Gasteiger partial charge is 0.225 e. The van der Waals surface area contributed by atoms with E-state index in [0.29, 0.717) is 11.8 Å². The summed E-state index contributed by atoms with van der Waals surface area (Å²) < 4.78 is 19.7. The van der Waals surface area contributed by atoms with Gasteiger partial charge in [-0.15, -0.1) is 0 Å². The number of halogens is 2. The van der Waals surface area contributed by atoms with Crippen LogP contribution >= 0.6 is 15.9 Å². The summed E-state index contributed by atoms with van der Waals surface area (Å²) in [4.78, 5) is 13.2. The van der Waals surface area contributed by atoms with Gasteiger partial charge in [-0.05, 0) is 46.5 Å². The molecule has 0 spiro atoms. The first-order chi connectivity index (χ1) is 12.1. The van der Waals surface area contributed by atoms with Crippen molar-refractivity contribution >= 4 is 21.9 Å². The number of benzene rings is 1. The number of likely N-dealkylation sites (tertiary alicyclic amines) is 1. The van der Waals surface area contributed by atoms with Crippen molar-refractivity contribution in [3.05, 3.63) is 46.4 Å². The van der Waals surface area contributed by atoms with E-state index in [9.17, 15) is 4.39 Å². The molecule has 2 heterocycles. The minimum absolute atomic E-state index is 0.290. The summed E-state index contributed by atoms with van der Waals surface area (Å²) in [6, 6.07) is 5.60. The van der Waals surface area contributed by atoms with Gasteiger partial charge >= 0.3 is 0 Å². The molecular formula is C18H22BrFN4O. The number of hydrogen-bond donors (Lipinski definition) is 0. The predicted molar refractivity (Wildman–Crippen MR) is 99.4 cm³/mol. The lowest BCUT2D eigenvalue weighted by molar-refractivity contribution is 0.202.